The van der Waals surface area contributed by atoms with Gasteiger partial charge in [-0.15, -0.1) is 0 Å². The highest BCUT2D eigenvalue weighted by Crippen LogP contribution is 2.15. The van der Waals surface area contributed by atoms with Crippen molar-refractivity contribution in [3.05, 3.63) is 0 Å². The Bertz CT molecular complexity index is 243. The van der Waals surface area contributed by atoms with Crippen LogP contribution >= 0.6 is 0 Å². The lowest BCUT2D eigenvalue weighted by Gasteiger charge is -2.33. The standard InChI is InChI=1S/C12H23NO3/c1-9(2)13(10(3)7-8-14)11(15)16-12(4,5)6/h8-10H,7H2,1-6H3. The number of carbonyl (C=O) groups is 2. The van der Waals surface area contributed by atoms with Crippen LogP contribution in [0.2, 0.25) is 0 Å². The molecule has 4 heteroatoms. The molecule has 0 spiro atoms. The second-order valence-electron chi connectivity index (χ2n) is 5.23. The summed E-state index contributed by atoms with van der Waals surface area (Å²) in [5, 5.41) is 0. The number of hydrogen-bond donors (Lipinski definition) is 0. The van der Waals surface area contributed by atoms with Crippen LogP contribution in [-0.4, -0.2) is 35.0 Å². The highest BCUT2D eigenvalue weighted by atomic mass is 16.6. The molecule has 1 atom stereocenters. The molecule has 16 heavy (non-hydrogen) atoms. The summed E-state index contributed by atoms with van der Waals surface area (Å²) in [6.07, 6.45) is 0.791. The number of nitrogens with zero attached hydrogens (tertiary/aromatic N) is 1. The van der Waals surface area contributed by atoms with E-state index in [1.54, 1.807) is 4.90 Å². The van der Waals surface area contributed by atoms with E-state index in [4.69, 9.17) is 4.74 Å². The topological polar surface area (TPSA) is 46.6 Å². The number of rotatable bonds is 4. The van der Waals surface area contributed by atoms with Gasteiger partial charge in [0.05, 0.1) is 0 Å². The van der Waals surface area contributed by atoms with Gasteiger partial charge in [0.15, 0.2) is 0 Å². The zero-order valence-corrected chi connectivity index (χ0v) is 11.1. The van der Waals surface area contributed by atoms with Crippen molar-refractivity contribution >= 4 is 12.4 Å². The van der Waals surface area contributed by atoms with Gasteiger partial charge >= 0.3 is 6.09 Å². The van der Waals surface area contributed by atoms with E-state index in [0.717, 1.165) is 6.29 Å². The van der Waals surface area contributed by atoms with Crippen LogP contribution in [0.15, 0.2) is 0 Å². The van der Waals surface area contributed by atoms with Gasteiger partial charge in [0.2, 0.25) is 0 Å². The van der Waals surface area contributed by atoms with Crippen LogP contribution in [0.5, 0.6) is 0 Å². The average molecular weight is 229 g/mol. The first-order valence-electron chi connectivity index (χ1n) is 5.64. The molecule has 0 bridgehead atoms. The Labute approximate surface area is 98.0 Å². The minimum atomic E-state index is -0.509. The molecule has 0 heterocycles. The van der Waals surface area contributed by atoms with Gasteiger partial charge in [-0.1, -0.05) is 0 Å². The van der Waals surface area contributed by atoms with Gasteiger partial charge in [-0.05, 0) is 41.5 Å². The van der Waals surface area contributed by atoms with Crippen LogP contribution in [0.1, 0.15) is 48.0 Å². The predicted octanol–water partition coefficient (Wildman–Crippen LogP) is 2.61. The lowest BCUT2D eigenvalue weighted by molar-refractivity contribution is -0.108. The summed E-state index contributed by atoms with van der Waals surface area (Å²) in [6, 6.07) is -0.114. The quantitative estimate of drug-likeness (QED) is 0.696. The fourth-order valence-corrected chi connectivity index (χ4v) is 1.47. The highest BCUT2D eigenvalue weighted by molar-refractivity contribution is 5.69. The van der Waals surface area contributed by atoms with E-state index in [1.807, 2.05) is 41.5 Å². The molecule has 0 rings (SSSR count). The van der Waals surface area contributed by atoms with E-state index < -0.39 is 5.60 Å². The molecule has 0 aliphatic heterocycles. The van der Waals surface area contributed by atoms with Gasteiger partial charge in [0, 0.05) is 18.5 Å². The van der Waals surface area contributed by atoms with E-state index in [2.05, 4.69) is 0 Å². The smallest absolute Gasteiger partial charge is 0.410 e. The normalized spacial score (nSPS) is 13.4. The number of ether oxygens (including phenoxy) is 1. The molecule has 0 N–H and O–H groups in total. The molecular formula is C12H23NO3. The van der Waals surface area contributed by atoms with Crippen molar-refractivity contribution in [2.45, 2.75) is 65.6 Å². The molecule has 0 aromatic heterocycles. The minimum absolute atomic E-state index is 0.0183. The zero-order chi connectivity index (χ0) is 12.9. The Hall–Kier alpha value is -1.06. The fourth-order valence-electron chi connectivity index (χ4n) is 1.47. The Morgan fingerprint density at radius 2 is 1.81 bits per heavy atom. The minimum Gasteiger partial charge on any atom is -0.444 e. The molecule has 4 nitrogen and oxygen atoms in total. The summed E-state index contributed by atoms with van der Waals surface area (Å²) in [5.74, 6) is 0. The van der Waals surface area contributed by atoms with Crippen molar-refractivity contribution < 1.29 is 14.3 Å². The summed E-state index contributed by atoms with van der Waals surface area (Å²) in [5.41, 5.74) is -0.509. The Morgan fingerprint density at radius 1 is 1.31 bits per heavy atom. The highest BCUT2D eigenvalue weighted by Gasteiger charge is 2.27. The molecule has 0 aromatic rings. The summed E-state index contributed by atoms with van der Waals surface area (Å²) in [4.78, 5) is 24.0. The van der Waals surface area contributed by atoms with Crippen molar-refractivity contribution in [2.75, 3.05) is 0 Å². The van der Waals surface area contributed by atoms with Crippen LogP contribution in [-0.2, 0) is 9.53 Å². The molecule has 1 unspecified atom stereocenters. The number of carbonyl (C=O) groups excluding carboxylic acids is 2. The molecule has 1 amide bonds. The van der Waals surface area contributed by atoms with Gasteiger partial charge in [-0.2, -0.15) is 0 Å². The largest absolute Gasteiger partial charge is 0.444 e. The lowest BCUT2D eigenvalue weighted by Crippen LogP contribution is -2.46. The third-order valence-corrected chi connectivity index (χ3v) is 2.07. The Balaban J connectivity index is 4.66. The van der Waals surface area contributed by atoms with E-state index in [1.165, 1.54) is 0 Å². The van der Waals surface area contributed by atoms with Crippen LogP contribution in [0, 0.1) is 0 Å². The average Bonchev–Trinajstić information content (AvgIpc) is 1.99. The third kappa shape index (κ3) is 5.14. The molecule has 94 valence electrons. The summed E-state index contributed by atoms with van der Waals surface area (Å²) >= 11 is 0. The second-order valence-corrected chi connectivity index (χ2v) is 5.23. The Kier molecular flexibility index (Phi) is 5.48. The number of amides is 1. The maximum atomic E-state index is 11.9. The first-order chi connectivity index (χ1) is 7.19. The molecule has 0 saturated heterocycles. The van der Waals surface area contributed by atoms with Crippen LogP contribution in [0.3, 0.4) is 0 Å². The van der Waals surface area contributed by atoms with Gasteiger partial charge in [0.25, 0.3) is 0 Å². The molecule has 0 radical (unpaired) electrons. The fraction of sp³-hybridized carbons (Fsp3) is 0.833. The molecule has 0 aromatic carbocycles. The van der Waals surface area contributed by atoms with Crippen molar-refractivity contribution in [3.63, 3.8) is 0 Å². The number of aldehydes is 1. The summed E-state index contributed by atoms with van der Waals surface area (Å²) in [6.45, 7) is 11.1. The van der Waals surface area contributed by atoms with E-state index in [9.17, 15) is 9.59 Å². The van der Waals surface area contributed by atoms with E-state index >= 15 is 0 Å². The summed E-state index contributed by atoms with van der Waals surface area (Å²) in [7, 11) is 0. The predicted molar refractivity (Wildman–Crippen MR) is 63.4 cm³/mol. The van der Waals surface area contributed by atoms with Crippen molar-refractivity contribution in [1.82, 2.24) is 4.90 Å². The molecule has 0 fully saturated rings. The molecular weight excluding hydrogens is 206 g/mol. The van der Waals surface area contributed by atoms with E-state index in [-0.39, 0.29) is 18.2 Å². The maximum Gasteiger partial charge on any atom is 0.410 e. The van der Waals surface area contributed by atoms with E-state index in [0.29, 0.717) is 6.42 Å². The van der Waals surface area contributed by atoms with Gasteiger partial charge < -0.3 is 14.4 Å². The monoisotopic (exact) mass is 229 g/mol. The lowest BCUT2D eigenvalue weighted by atomic mass is 10.1. The summed E-state index contributed by atoms with van der Waals surface area (Å²) < 4.78 is 5.30. The van der Waals surface area contributed by atoms with Gasteiger partial charge in [-0.25, -0.2) is 4.79 Å². The van der Waals surface area contributed by atoms with Gasteiger partial charge in [0.1, 0.15) is 11.9 Å². The van der Waals surface area contributed by atoms with Crippen LogP contribution in [0.25, 0.3) is 0 Å². The first-order valence-corrected chi connectivity index (χ1v) is 5.64. The molecule has 0 aliphatic carbocycles. The molecule has 0 aliphatic rings. The second kappa shape index (κ2) is 5.87. The van der Waals surface area contributed by atoms with Crippen LogP contribution in [0.4, 0.5) is 4.79 Å². The Morgan fingerprint density at radius 3 is 2.12 bits per heavy atom. The molecule has 0 saturated carbocycles. The van der Waals surface area contributed by atoms with Crippen molar-refractivity contribution in [3.8, 4) is 0 Å². The number of hydrogen-bond acceptors (Lipinski definition) is 3. The van der Waals surface area contributed by atoms with Crippen molar-refractivity contribution in [2.24, 2.45) is 0 Å². The van der Waals surface area contributed by atoms with Crippen molar-refractivity contribution in [1.29, 1.82) is 0 Å². The van der Waals surface area contributed by atoms with Crippen LogP contribution < -0.4 is 0 Å². The third-order valence-electron chi connectivity index (χ3n) is 2.07. The van der Waals surface area contributed by atoms with Gasteiger partial charge in [-0.3, -0.25) is 0 Å². The first kappa shape index (κ1) is 14.9. The maximum absolute atomic E-state index is 11.9. The zero-order valence-electron chi connectivity index (χ0n) is 11.1. The SMILES string of the molecule is CC(C)N(C(=O)OC(C)(C)C)C(C)CC=O.